The maximum atomic E-state index is 12.8. The SMILES string of the molecule is Cc1ccc2ccccc2n1.O=C1c2ccccc2C(=O)N1c1ccc2[nH]c3ccccc3c(=O)c2c1. The molecule has 1 N–H and O–H groups in total. The Morgan fingerprint density at radius 2 is 1.30 bits per heavy atom. The highest BCUT2D eigenvalue weighted by Gasteiger charge is 2.36. The van der Waals surface area contributed by atoms with Gasteiger partial charge in [-0.2, -0.15) is 0 Å². The quantitative estimate of drug-likeness (QED) is 0.229. The first-order valence-corrected chi connectivity index (χ1v) is 11.9. The lowest BCUT2D eigenvalue weighted by Crippen LogP contribution is -2.29. The minimum Gasteiger partial charge on any atom is -0.354 e. The average molecular weight is 484 g/mol. The molecule has 0 atom stereocenters. The van der Waals surface area contributed by atoms with E-state index in [1.807, 2.05) is 43.3 Å². The molecule has 0 bridgehead atoms. The first-order chi connectivity index (χ1) is 18.0. The third kappa shape index (κ3) is 3.85. The molecule has 2 amide bonds. The predicted molar refractivity (Wildman–Crippen MR) is 146 cm³/mol. The molecule has 0 aliphatic carbocycles. The molecule has 7 rings (SSSR count). The number of benzene rings is 4. The maximum Gasteiger partial charge on any atom is 0.266 e. The number of nitrogens with one attached hydrogen (secondary N) is 1. The van der Waals surface area contributed by atoms with Gasteiger partial charge in [0, 0.05) is 32.9 Å². The Balaban J connectivity index is 0.000000191. The third-order valence-electron chi connectivity index (χ3n) is 6.48. The summed E-state index contributed by atoms with van der Waals surface area (Å²) < 4.78 is 0. The van der Waals surface area contributed by atoms with Gasteiger partial charge in [0.15, 0.2) is 5.43 Å². The summed E-state index contributed by atoms with van der Waals surface area (Å²) in [7, 11) is 0. The molecule has 0 saturated heterocycles. The van der Waals surface area contributed by atoms with Gasteiger partial charge in [-0.05, 0) is 61.5 Å². The van der Waals surface area contributed by atoms with E-state index in [-0.39, 0.29) is 17.2 Å². The lowest BCUT2D eigenvalue weighted by atomic mass is 10.1. The third-order valence-corrected chi connectivity index (χ3v) is 6.48. The monoisotopic (exact) mass is 483 g/mol. The second kappa shape index (κ2) is 8.84. The van der Waals surface area contributed by atoms with Gasteiger partial charge in [-0.3, -0.25) is 19.4 Å². The molecule has 0 saturated carbocycles. The van der Waals surface area contributed by atoms with Crippen LogP contribution in [0.3, 0.4) is 0 Å². The van der Waals surface area contributed by atoms with E-state index >= 15 is 0 Å². The van der Waals surface area contributed by atoms with Crippen LogP contribution in [0.2, 0.25) is 0 Å². The van der Waals surface area contributed by atoms with Gasteiger partial charge in [0.2, 0.25) is 0 Å². The highest BCUT2D eigenvalue weighted by atomic mass is 16.2. The van der Waals surface area contributed by atoms with Crippen molar-refractivity contribution in [1.82, 2.24) is 9.97 Å². The summed E-state index contributed by atoms with van der Waals surface area (Å²) in [5.74, 6) is -0.746. The summed E-state index contributed by atoms with van der Waals surface area (Å²) in [5, 5.41) is 2.22. The molecule has 0 spiro atoms. The fraction of sp³-hybridized carbons (Fsp3) is 0.0323. The number of fused-ring (bicyclic) bond motifs is 4. The Morgan fingerprint density at radius 1 is 0.649 bits per heavy atom. The van der Waals surface area contributed by atoms with Crippen LogP contribution in [-0.2, 0) is 0 Å². The molecule has 3 heterocycles. The van der Waals surface area contributed by atoms with E-state index in [1.54, 1.807) is 54.6 Å². The van der Waals surface area contributed by atoms with E-state index in [1.165, 1.54) is 5.39 Å². The Bertz CT molecular complexity index is 1890. The zero-order chi connectivity index (χ0) is 25.5. The average Bonchev–Trinajstić information content (AvgIpc) is 3.19. The Morgan fingerprint density at radius 3 is 2.08 bits per heavy atom. The van der Waals surface area contributed by atoms with Gasteiger partial charge >= 0.3 is 0 Å². The molecule has 4 aromatic carbocycles. The highest BCUT2D eigenvalue weighted by Crippen LogP contribution is 2.30. The van der Waals surface area contributed by atoms with Crippen molar-refractivity contribution in [2.24, 2.45) is 0 Å². The van der Waals surface area contributed by atoms with E-state index < -0.39 is 0 Å². The summed E-state index contributed by atoms with van der Waals surface area (Å²) in [6, 6.07) is 31.2. The number of aryl methyl sites for hydroxylation is 1. The second-order valence-electron chi connectivity index (χ2n) is 8.87. The molecule has 178 valence electrons. The normalized spacial score (nSPS) is 12.6. The van der Waals surface area contributed by atoms with Gasteiger partial charge in [-0.1, -0.05) is 48.5 Å². The Hall–Kier alpha value is -5.10. The maximum absolute atomic E-state index is 12.8. The molecule has 0 fully saturated rings. The van der Waals surface area contributed by atoms with Crippen molar-refractivity contribution < 1.29 is 9.59 Å². The molecular weight excluding hydrogens is 462 g/mol. The van der Waals surface area contributed by atoms with Gasteiger partial charge in [-0.25, -0.2) is 4.90 Å². The highest BCUT2D eigenvalue weighted by molar-refractivity contribution is 6.34. The predicted octanol–water partition coefficient (Wildman–Crippen LogP) is 6.03. The number of H-pyrrole nitrogens is 1. The number of rotatable bonds is 1. The van der Waals surface area contributed by atoms with Crippen LogP contribution in [0.25, 0.3) is 32.7 Å². The summed E-state index contributed by atoms with van der Waals surface area (Å²) in [6.45, 7) is 2.01. The van der Waals surface area contributed by atoms with Crippen molar-refractivity contribution in [3.63, 3.8) is 0 Å². The van der Waals surface area contributed by atoms with Crippen LogP contribution >= 0.6 is 0 Å². The van der Waals surface area contributed by atoms with E-state index in [0.717, 1.165) is 21.6 Å². The number of amides is 2. The Kier molecular flexibility index (Phi) is 5.34. The van der Waals surface area contributed by atoms with Crippen molar-refractivity contribution in [2.75, 3.05) is 4.90 Å². The number of carbonyl (C=O) groups is 2. The topological polar surface area (TPSA) is 83.1 Å². The molecule has 6 aromatic rings. The number of carbonyl (C=O) groups excluding carboxylic acids is 2. The zero-order valence-electron chi connectivity index (χ0n) is 19.9. The van der Waals surface area contributed by atoms with E-state index in [4.69, 9.17) is 0 Å². The number of hydrogen-bond donors (Lipinski definition) is 1. The molecule has 1 aliphatic heterocycles. The minimum atomic E-state index is -0.373. The molecule has 0 unspecified atom stereocenters. The first-order valence-electron chi connectivity index (χ1n) is 11.9. The van der Waals surface area contributed by atoms with Crippen molar-refractivity contribution >= 4 is 50.2 Å². The van der Waals surface area contributed by atoms with Crippen molar-refractivity contribution in [3.8, 4) is 0 Å². The summed E-state index contributed by atoms with van der Waals surface area (Å²) in [5.41, 5.74) is 4.58. The zero-order valence-corrected chi connectivity index (χ0v) is 19.9. The standard InChI is InChI=1S/C21H12N2O3.C10H9N/c24-19-15-7-3-4-8-17(15)22-18-10-9-12(11-16(18)19)23-20(25)13-5-1-2-6-14(13)21(23)26;1-8-6-7-9-4-2-3-5-10(9)11-8/h1-11H,(H,22,24);2-7H,1H3. The minimum absolute atomic E-state index is 0.132. The fourth-order valence-corrected chi connectivity index (χ4v) is 4.64. The van der Waals surface area contributed by atoms with Crippen LogP contribution in [0.4, 0.5) is 5.69 Å². The molecular formula is C31H21N3O3. The van der Waals surface area contributed by atoms with Crippen LogP contribution in [-0.4, -0.2) is 21.8 Å². The van der Waals surface area contributed by atoms with Crippen LogP contribution in [0.15, 0.2) is 108 Å². The number of aromatic amines is 1. The van der Waals surface area contributed by atoms with E-state index in [0.29, 0.717) is 33.1 Å². The summed E-state index contributed by atoms with van der Waals surface area (Å²) >= 11 is 0. The lowest BCUT2D eigenvalue weighted by Gasteiger charge is -2.14. The molecule has 37 heavy (non-hydrogen) atoms. The smallest absolute Gasteiger partial charge is 0.266 e. The van der Waals surface area contributed by atoms with Gasteiger partial charge in [0.1, 0.15) is 0 Å². The van der Waals surface area contributed by atoms with Crippen LogP contribution in [0.5, 0.6) is 0 Å². The van der Waals surface area contributed by atoms with Crippen LogP contribution in [0, 0.1) is 6.92 Å². The van der Waals surface area contributed by atoms with Crippen molar-refractivity contribution in [2.45, 2.75) is 6.92 Å². The van der Waals surface area contributed by atoms with Gasteiger partial charge in [0.25, 0.3) is 11.8 Å². The number of anilines is 1. The molecule has 1 aliphatic rings. The summed E-state index contributed by atoms with van der Waals surface area (Å²) in [4.78, 5) is 46.9. The lowest BCUT2D eigenvalue weighted by molar-refractivity contribution is 0.0926. The number of pyridine rings is 2. The number of hydrogen-bond acceptors (Lipinski definition) is 4. The van der Waals surface area contributed by atoms with Gasteiger partial charge in [0.05, 0.1) is 22.3 Å². The largest absolute Gasteiger partial charge is 0.354 e. The summed E-state index contributed by atoms with van der Waals surface area (Å²) in [6.07, 6.45) is 0. The van der Waals surface area contributed by atoms with Crippen molar-refractivity contribution in [3.05, 3.63) is 130 Å². The second-order valence-corrected chi connectivity index (χ2v) is 8.87. The first kappa shape index (κ1) is 22.4. The fourth-order valence-electron chi connectivity index (χ4n) is 4.64. The molecule has 2 aromatic heterocycles. The van der Waals surface area contributed by atoms with Gasteiger partial charge < -0.3 is 4.98 Å². The molecule has 6 nitrogen and oxygen atoms in total. The van der Waals surface area contributed by atoms with Crippen LogP contribution in [0.1, 0.15) is 26.4 Å². The number of nitrogens with zero attached hydrogens (tertiary/aromatic N) is 2. The number of para-hydroxylation sites is 2. The van der Waals surface area contributed by atoms with Crippen molar-refractivity contribution in [1.29, 1.82) is 0 Å². The van der Waals surface area contributed by atoms with E-state index in [9.17, 15) is 14.4 Å². The van der Waals surface area contributed by atoms with Crippen LogP contribution < -0.4 is 10.3 Å². The van der Waals surface area contributed by atoms with Gasteiger partial charge in [-0.15, -0.1) is 0 Å². The number of imide groups is 1. The van der Waals surface area contributed by atoms with E-state index in [2.05, 4.69) is 22.1 Å². The number of aromatic nitrogens is 2. The molecule has 0 radical (unpaired) electrons. The molecule has 6 heteroatoms. The Labute approximate surface area is 211 Å².